The molecule has 0 bridgehead atoms. The Morgan fingerprint density at radius 2 is 1.50 bits per heavy atom. The molecule has 0 amide bonds. The van der Waals surface area contributed by atoms with Crippen molar-refractivity contribution >= 4 is 16.5 Å². The lowest BCUT2D eigenvalue weighted by atomic mass is 9.92. The van der Waals surface area contributed by atoms with E-state index >= 15 is 0 Å². The lowest BCUT2D eigenvalue weighted by Gasteiger charge is -2.15. The van der Waals surface area contributed by atoms with Crippen molar-refractivity contribution in [2.45, 2.75) is 27.7 Å². The lowest BCUT2D eigenvalue weighted by Crippen LogP contribution is -1.98. The van der Waals surface area contributed by atoms with Crippen LogP contribution in [0.25, 0.3) is 10.8 Å². The third-order valence-electron chi connectivity index (χ3n) is 3.47. The maximum atomic E-state index is 6.16. The average molecular weight is 216 g/mol. The Labute approximate surface area is 97.0 Å². The van der Waals surface area contributed by atoms with Gasteiger partial charge in [-0.3, -0.25) is 0 Å². The number of fused-ring (bicyclic) bond motifs is 1. The number of rotatable bonds is 0. The van der Waals surface area contributed by atoms with Gasteiger partial charge in [0.05, 0.1) is 0 Å². The summed E-state index contributed by atoms with van der Waals surface area (Å²) in [5.41, 5.74) is 12.3. The Hall–Kier alpha value is -1.54. The molecule has 0 fully saturated rings. The van der Waals surface area contributed by atoms with Crippen molar-refractivity contribution in [3.8, 4) is 0 Å². The van der Waals surface area contributed by atoms with E-state index in [0.717, 1.165) is 5.69 Å². The van der Waals surface area contributed by atoms with Gasteiger partial charge in [0.2, 0.25) is 0 Å². The standard InChI is InChI=1S/C14H17N.H3N/c1-8-6-5-7-12-13(8)10(3)9(2)11(4)14(12)15;/h5-7H,15H2,1-4H3;1H3. The molecule has 0 radical (unpaired) electrons. The summed E-state index contributed by atoms with van der Waals surface area (Å²) in [5.74, 6) is 0. The molecule has 2 nitrogen and oxygen atoms in total. The predicted octanol–water partition coefficient (Wildman–Crippen LogP) is 3.82. The number of benzene rings is 2. The molecule has 0 aromatic heterocycles. The molecule has 86 valence electrons. The summed E-state index contributed by atoms with van der Waals surface area (Å²) in [6.07, 6.45) is 0. The monoisotopic (exact) mass is 216 g/mol. The maximum Gasteiger partial charge on any atom is 0.0426 e. The Kier molecular flexibility index (Phi) is 3.24. The van der Waals surface area contributed by atoms with Crippen LogP contribution in [0.3, 0.4) is 0 Å². The summed E-state index contributed by atoms with van der Waals surface area (Å²) in [6.45, 7) is 8.56. The second kappa shape index (κ2) is 4.14. The van der Waals surface area contributed by atoms with E-state index in [-0.39, 0.29) is 6.15 Å². The van der Waals surface area contributed by atoms with Crippen LogP contribution in [0.4, 0.5) is 5.69 Å². The fourth-order valence-electron chi connectivity index (χ4n) is 2.26. The van der Waals surface area contributed by atoms with Crippen LogP contribution >= 0.6 is 0 Å². The van der Waals surface area contributed by atoms with E-state index in [4.69, 9.17) is 5.73 Å². The summed E-state index contributed by atoms with van der Waals surface area (Å²) in [4.78, 5) is 0. The second-order valence-electron chi connectivity index (χ2n) is 4.29. The van der Waals surface area contributed by atoms with Crippen LogP contribution in [-0.4, -0.2) is 0 Å². The highest BCUT2D eigenvalue weighted by Crippen LogP contribution is 2.32. The quantitative estimate of drug-likeness (QED) is 0.658. The Balaban J connectivity index is 0.00000128. The van der Waals surface area contributed by atoms with Crippen LogP contribution in [0.5, 0.6) is 0 Å². The normalized spacial score (nSPS) is 10.2. The van der Waals surface area contributed by atoms with E-state index in [0.29, 0.717) is 0 Å². The molecule has 0 aliphatic rings. The van der Waals surface area contributed by atoms with Crippen molar-refractivity contribution < 1.29 is 0 Å². The van der Waals surface area contributed by atoms with Crippen molar-refractivity contribution in [3.63, 3.8) is 0 Å². The van der Waals surface area contributed by atoms with Crippen LogP contribution in [0.1, 0.15) is 22.3 Å². The fraction of sp³-hybridized carbons (Fsp3) is 0.286. The highest BCUT2D eigenvalue weighted by atomic mass is 14.6. The first-order chi connectivity index (χ1) is 7.04. The molecule has 2 aromatic carbocycles. The van der Waals surface area contributed by atoms with Gasteiger partial charge in [-0.25, -0.2) is 0 Å². The van der Waals surface area contributed by atoms with Gasteiger partial charge in [-0.1, -0.05) is 18.2 Å². The fourth-order valence-corrected chi connectivity index (χ4v) is 2.26. The molecule has 0 aliphatic carbocycles. The molecule has 0 aliphatic heterocycles. The number of aryl methyl sites for hydroxylation is 2. The van der Waals surface area contributed by atoms with Gasteiger partial charge in [0.25, 0.3) is 0 Å². The van der Waals surface area contributed by atoms with E-state index in [9.17, 15) is 0 Å². The third-order valence-corrected chi connectivity index (χ3v) is 3.47. The minimum atomic E-state index is 0. The average Bonchev–Trinajstić information content (AvgIpc) is 2.23. The zero-order valence-electron chi connectivity index (χ0n) is 10.5. The SMILES string of the molecule is Cc1c(C)c(C)c2c(C)cccc2c1N.N. The van der Waals surface area contributed by atoms with Gasteiger partial charge in [-0.2, -0.15) is 0 Å². The summed E-state index contributed by atoms with van der Waals surface area (Å²) in [6, 6.07) is 6.32. The van der Waals surface area contributed by atoms with Crippen molar-refractivity contribution in [2.24, 2.45) is 0 Å². The van der Waals surface area contributed by atoms with Gasteiger partial charge in [0.15, 0.2) is 0 Å². The first kappa shape index (κ1) is 12.5. The number of nitrogens with two attached hydrogens (primary N) is 1. The van der Waals surface area contributed by atoms with E-state index in [1.165, 1.54) is 33.0 Å². The van der Waals surface area contributed by atoms with Crippen LogP contribution < -0.4 is 11.9 Å². The third kappa shape index (κ3) is 1.55. The molecule has 0 spiro atoms. The summed E-state index contributed by atoms with van der Waals surface area (Å²) in [7, 11) is 0. The van der Waals surface area contributed by atoms with Crippen LogP contribution in [0.15, 0.2) is 18.2 Å². The van der Waals surface area contributed by atoms with E-state index in [1.807, 2.05) is 0 Å². The van der Waals surface area contributed by atoms with Crippen molar-refractivity contribution in [1.82, 2.24) is 6.15 Å². The van der Waals surface area contributed by atoms with Crippen molar-refractivity contribution in [2.75, 3.05) is 5.73 Å². The first-order valence-electron chi connectivity index (χ1n) is 5.28. The summed E-state index contributed by atoms with van der Waals surface area (Å²) in [5, 5.41) is 2.51. The molecule has 2 heteroatoms. The predicted molar refractivity (Wildman–Crippen MR) is 72.3 cm³/mol. The van der Waals surface area contributed by atoms with Crippen molar-refractivity contribution in [3.05, 3.63) is 40.5 Å². The van der Waals surface area contributed by atoms with Gasteiger partial charge in [-0.15, -0.1) is 0 Å². The number of anilines is 1. The largest absolute Gasteiger partial charge is 0.398 e. The molecule has 5 N–H and O–H groups in total. The molecular weight excluding hydrogens is 196 g/mol. The molecule has 0 unspecified atom stereocenters. The van der Waals surface area contributed by atoms with Crippen molar-refractivity contribution in [1.29, 1.82) is 0 Å². The minimum absolute atomic E-state index is 0. The summed E-state index contributed by atoms with van der Waals surface area (Å²) >= 11 is 0. The molecule has 0 heterocycles. The number of nitrogen functional groups attached to an aromatic ring is 1. The van der Waals surface area contributed by atoms with Gasteiger partial charge >= 0.3 is 0 Å². The molecular formula is C14H20N2. The smallest absolute Gasteiger partial charge is 0.0426 e. The molecule has 2 aromatic rings. The van der Waals surface area contributed by atoms with Gasteiger partial charge in [-0.05, 0) is 55.3 Å². The zero-order valence-corrected chi connectivity index (χ0v) is 10.5. The van der Waals surface area contributed by atoms with Gasteiger partial charge in [0.1, 0.15) is 0 Å². The zero-order chi connectivity index (χ0) is 11.2. The summed E-state index contributed by atoms with van der Waals surface area (Å²) < 4.78 is 0. The number of hydrogen-bond donors (Lipinski definition) is 2. The molecule has 2 rings (SSSR count). The van der Waals surface area contributed by atoms with Gasteiger partial charge < -0.3 is 11.9 Å². The minimum Gasteiger partial charge on any atom is -0.398 e. The topological polar surface area (TPSA) is 61.0 Å². The molecule has 0 saturated heterocycles. The van der Waals surface area contributed by atoms with E-state index in [1.54, 1.807) is 0 Å². The highest BCUT2D eigenvalue weighted by molar-refractivity contribution is 5.99. The first-order valence-corrected chi connectivity index (χ1v) is 5.28. The highest BCUT2D eigenvalue weighted by Gasteiger charge is 2.10. The van der Waals surface area contributed by atoms with E-state index in [2.05, 4.69) is 45.9 Å². The Morgan fingerprint density at radius 3 is 2.12 bits per heavy atom. The van der Waals surface area contributed by atoms with Crippen LogP contribution in [0.2, 0.25) is 0 Å². The van der Waals surface area contributed by atoms with Crippen LogP contribution in [-0.2, 0) is 0 Å². The number of hydrogen-bond acceptors (Lipinski definition) is 2. The van der Waals surface area contributed by atoms with Crippen LogP contribution in [0, 0.1) is 27.7 Å². The molecule has 0 atom stereocenters. The molecule has 16 heavy (non-hydrogen) atoms. The van der Waals surface area contributed by atoms with Gasteiger partial charge in [0, 0.05) is 11.1 Å². The Morgan fingerprint density at radius 1 is 0.875 bits per heavy atom. The molecule has 0 saturated carbocycles. The van der Waals surface area contributed by atoms with E-state index < -0.39 is 0 Å². The Bertz CT molecular complexity index is 542. The maximum absolute atomic E-state index is 6.16. The second-order valence-corrected chi connectivity index (χ2v) is 4.29. The lowest BCUT2D eigenvalue weighted by molar-refractivity contribution is 1.29.